The molecular weight excluding hydrogens is 312 g/mol. The van der Waals surface area contributed by atoms with Crippen molar-refractivity contribution >= 4 is 20.9 Å². The quantitative estimate of drug-likeness (QED) is 0.703. The van der Waals surface area contributed by atoms with Gasteiger partial charge in [0.1, 0.15) is 5.82 Å². The molecule has 0 radical (unpaired) electrons. The fourth-order valence-electron chi connectivity index (χ4n) is 2.52. The van der Waals surface area contributed by atoms with E-state index in [0.717, 1.165) is 12.1 Å². The van der Waals surface area contributed by atoms with E-state index in [-0.39, 0.29) is 5.03 Å². The van der Waals surface area contributed by atoms with Crippen LogP contribution in [0.3, 0.4) is 0 Å². The molecule has 2 aromatic heterocycles. The second-order valence-electron chi connectivity index (χ2n) is 5.56. The second-order valence-corrected chi connectivity index (χ2v) is 7.27. The van der Waals surface area contributed by atoms with Gasteiger partial charge in [-0.05, 0) is 30.9 Å². The normalized spacial score (nSPS) is 12.1. The third-order valence-electron chi connectivity index (χ3n) is 3.91. The molecular formula is C16H20N4O2S. The summed E-state index contributed by atoms with van der Waals surface area (Å²) in [5.74, 6) is 0.671. The summed E-state index contributed by atoms with van der Waals surface area (Å²) in [5.41, 5.74) is 1.16. The van der Waals surface area contributed by atoms with E-state index in [9.17, 15) is 8.42 Å². The summed E-state index contributed by atoms with van der Waals surface area (Å²) in [4.78, 5) is 4.06. The highest BCUT2D eigenvalue weighted by Crippen LogP contribution is 2.15. The lowest BCUT2D eigenvalue weighted by atomic mass is 10.2. The Kier molecular flexibility index (Phi) is 4.23. The molecule has 6 nitrogen and oxygen atoms in total. The third kappa shape index (κ3) is 3.30. The lowest BCUT2D eigenvalue weighted by molar-refractivity contribution is 0.569. The highest BCUT2D eigenvalue weighted by Gasteiger charge is 2.17. The maximum atomic E-state index is 12.2. The Labute approximate surface area is 135 Å². The smallest absolute Gasteiger partial charge is 0.259 e. The number of aromatic nitrogens is 3. The van der Waals surface area contributed by atoms with Crippen molar-refractivity contribution in [2.75, 3.05) is 6.54 Å². The SMILES string of the molecule is Cc1nc(S(=O)(=O)NCCCn2ccc3ccccc32)cn1C. The number of nitrogens with one attached hydrogen (secondary N) is 1. The Bertz CT molecular complexity index is 905. The number of sulfonamides is 1. The van der Waals surface area contributed by atoms with Gasteiger partial charge in [0.25, 0.3) is 10.0 Å². The molecule has 23 heavy (non-hydrogen) atoms. The van der Waals surface area contributed by atoms with Crippen molar-refractivity contribution in [2.24, 2.45) is 7.05 Å². The number of fused-ring (bicyclic) bond motifs is 1. The third-order valence-corrected chi connectivity index (χ3v) is 5.24. The summed E-state index contributed by atoms with van der Waals surface area (Å²) >= 11 is 0. The summed E-state index contributed by atoms with van der Waals surface area (Å²) in [5, 5.41) is 1.26. The van der Waals surface area contributed by atoms with Crippen LogP contribution in [0.4, 0.5) is 0 Å². The average molecular weight is 332 g/mol. The van der Waals surface area contributed by atoms with Crippen molar-refractivity contribution in [2.45, 2.75) is 24.9 Å². The molecule has 0 bridgehead atoms. The molecule has 7 heteroatoms. The van der Waals surface area contributed by atoms with Gasteiger partial charge >= 0.3 is 0 Å². The lowest BCUT2D eigenvalue weighted by Gasteiger charge is -2.07. The molecule has 0 fully saturated rings. The molecule has 1 N–H and O–H groups in total. The lowest BCUT2D eigenvalue weighted by Crippen LogP contribution is -2.25. The maximum Gasteiger partial charge on any atom is 0.259 e. The Morgan fingerprint density at radius 1 is 1.22 bits per heavy atom. The molecule has 0 amide bonds. The summed E-state index contributed by atoms with van der Waals surface area (Å²) in [6.45, 7) is 2.91. The molecule has 0 saturated heterocycles. The van der Waals surface area contributed by atoms with Crippen LogP contribution in [0.2, 0.25) is 0 Å². The average Bonchev–Trinajstić information content (AvgIpc) is 3.08. The number of rotatable bonds is 6. The van der Waals surface area contributed by atoms with E-state index < -0.39 is 10.0 Å². The standard InChI is InChI=1S/C16H20N4O2S/c1-13-18-16(12-19(13)2)23(21,22)17-9-5-10-20-11-8-14-6-3-4-7-15(14)20/h3-4,6-8,11-12,17H,5,9-10H2,1-2H3. The molecule has 0 spiro atoms. The van der Waals surface area contributed by atoms with Crippen LogP contribution in [0.25, 0.3) is 10.9 Å². The number of nitrogens with zero attached hydrogens (tertiary/aromatic N) is 3. The Hall–Kier alpha value is -2.12. The van der Waals surface area contributed by atoms with Crippen molar-refractivity contribution in [3.63, 3.8) is 0 Å². The fourth-order valence-corrected chi connectivity index (χ4v) is 3.63. The molecule has 2 heterocycles. The predicted molar refractivity (Wildman–Crippen MR) is 89.7 cm³/mol. The van der Waals surface area contributed by atoms with Gasteiger partial charge < -0.3 is 9.13 Å². The van der Waals surface area contributed by atoms with E-state index in [4.69, 9.17) is 0 Å². The molecule has 3 aromatic rings. The van der Waals surface area contributed by atoms with Crippen LogP contribution in [0.15, 0.2) is 47.8 Å². The highest BCUT2D eigenvalue weighted by molar-refractivity contribution is 7.89. The molecule has 0 aliphatic rings. The van der Waals surface area contributed by atoms with Gasteiger partial charge in [-0.25, -0.2) is 18.1 Å². The van der Waals surface area contributed by atoms with Gasteiger partial charge in [0, 0.05) is 38.0 Å². The molecule has 0 aliphatic carbocycles. The Balaban J connectivity index is 1.59. The van der Waals surface area contributed by atoms with Crippen molar-refractivity contribution in [1.82, 2.24) is 18.8 Å². The van der Waals surface area contributed by atoms with E-state index in [1.165, 1.54) is 11.6 Å². The van der Waals surface area contributed by atoms with Crippen LogP contribution in [-0.2, 0) is 23.6 Å². The zero-order valence-electron chi connectivity index (χ0n) is 13.2. The molecule has 0 aliphatic heterocycles. The van der Waals surface area contributed by atoms with E-state index in [0.29, 0.717) is 18.8 Å². The van der Waals surface area contributed by atoms with Gasteiger partial charge in [0.05, 0.1) is 0 Å². The summed E-state index contributed by atoms with van der Waals surface area (Å²) in [7, 11) is -1.76. The second kappa shape index (κ2) is 6.17. The number of benzene rings is 1. The van der Waals surface area contributed by atoms with Crippen LogP contribution in [0, 0.1) is 6.92 Å². The zero-order chi connectivity index (χ0) is 16.4. The maximum absolute atomic E-state index is 12.2. The largest absolute Gasteiger partial charge is 0.347 e. The van der Waals surface area contributed by atoms with Crippen LogP contribution in [0.1, 0.15) is 12.2 Å². The summed E-state index contributed by atoms with van der Waals surface area (Å²) in [6.07, 6.45) is 4.27. The predicted octanol–water partition coefficient (Wildman–Crippen LogP) is 2.05. The Morgan fingerprint density at radius 2 is 2.00 bits per heavy atom. The molecule has 0 saturated carbocycles. The minimum atomic E-state index is -3.54. The first-order valence-corrected chi connectivity index (χ1v) is 8.99. The molecule has 0 atom stereocenters. The van der Waals surface area contributed by atoms with Crippen molar-refractivity contribution in [3.8, 4) is 0 Å². The van der Waals surface area contributed by atoms with Gasteiger partial charge in [-0.2, -0.15) is 0 Å². The Morgan fingerprint density at radius 3 is 2.74 bits per heavy atom. The van der Waals surface area contributed by atoms with Crippen LogP contribution >= 0.6 is 0 Å². The van der Waals surface area contributed by atoms with E-state index in [1.54, 1.807) is 18.5 Å². The van der Waals surface area contributed by atoms with Crippen LogP contribution < -0.4 is 4.72 Å². The number of para-hydroxylation sites is 1. The fraction of sp³-hybridized carbons (Fsp3) is 0.312. The van der Waals surface area contributed by atoms with E-state index in [1.807, 2.05) is 18.3 Å². The minimum absolute atomic E-state index is 0.0731. The topological polar surface area (TPSA) is 68.9 Å². The van der Waals surface area contributed by atoms with Crippen molar-refractivity contribution in [1.29, 1.82) is 0 Å². The first-order valence-electron chi connectivity index (χ1n) is 7.51. The monoisotopic (exact) mass is 332 g/mol. The number of hydrogen-bond donors (Lipinski definition) is 1. The van der Waals surface area contributed by atoms with Crippen molar-refractivity contribution < 1.29 is 8.42 Å². The van der Waals surface area contributed by atoms with Gasteiger partial charge in [-0.1, -0.05) is 18.2 Å². The summed E-state index contributed by atoms with van der Waals surface area (Å²) < 4.78 is 30.8. The van der Waals surface area contributed by atoms with E-state index >= 15 is 0 Å². The van der Waals surface area contributed by atoms with Gasteiger partial charge in [0.2, 0.25) is 0 Å². The van der Waals surface area contributed by atoms with Gasteiger partial charge in [0.15, 0.2) is 5.03 Å². The molecule has 0 unspecified atom stereocenters. The first-order chi connectivity index (χ1) is 11.0. The minimum Gasteiger partial charge on any atom is -0.347 e. The van der Waals surface area contributed by atoms with E-state index in [2.05, 4.69) is 32.5 Å². The number of imidazole rings is 1. The van der Waals surface area contributed by atoms with Gasteiger partial charge in [-0.15, -0.1) is 0 Å². The number of hydrogen-bond acceptors (Lipinski definition) is 3. The molecule has 1 aromatic carbocycles. The summed E-state index contributed by atoms with van der Waals surface area (Å²) in [6, 6.07) is 10.2. The van der Waals surface area contributed by atoms with Crippen LogP contribution in [0.5, 0.6) is 0 Å². The van der Waals surface area contributed by atoms with Crippen molar-refractivity contribution in [3.05, 3.63) is 48.5 Å². The van der Waals surface area contributed by atoms with Crippen LogP contribution in [-0.4, -0.2) is 29.1 Å². The zero-order valence-corrected chi connectivity index (χ0v) is 14.0. The first kappa shape index (κ1) is 15.8. The molecule has 3 rings (SSSR count). The molecule has 122 valence electrons. The highest BCUT2D eigenvalue weighted by atomic mass is 32.2. The number of aryl methyl sites for hydroxylation is 3. The van der Waals surface area contributed by atoms with Gasteiger partial charge in [-0.3, -0.25) is 0 Å².